The third-order valence-electron chi connectivity index (χ3n) is 7.57. The molecule has 1 aliphatic rings. The third-order valence-corrected chi connectivity index (χ3v) is 11.5. The Hall–Kier alpha value is -3.70. The minimum atomic E-state index is -4.12. The average Bonchev–Trinajstić information content (AvgIpc) is 3.00. The monoisotopic (exact) mass is 651 g/mol. The standard InChI is InChI=1S/C33H34ClN3O5S2/c1-24-19-25(2)22-36(21-24)43(39,40)29-15-13-27(14-16-29)35-33(38)31-20-30(17-18-32(31)34)44(41,42)37(28-11-7-4-8-12-28)23-26-9-5-3-6-10-26/h3-18,20,24-25H,19,21-23H2,1-2H3,(H,35,38). The van der Waals surface area contributed by atoms with Gasteiger partial charge in [-0.2, -0.15) is 4.31 Å². The van der Waals surface area contributed by atoms with Gasteiger partial charge in [0.2, 0.25) is 10.0 Å². The van der Waals surface area contributed by atoms with Gasteiger partial charge >= 0.3 is 0 Å². The maximum absolute atomic E-state index is 14.0. The normalized spacial score (nSPS) is 17.6. The van der Waals surface area contributed by atoms with Gasteiger partial charge in [0.05, 0.1) is 32.6 Å². The molecule has 4 aromatic rings. The average molecular weight is 652 g/mol. The van der Waals surface area contributed by atoms with Gasteiger partial charge in [0.1, 0.15) is 0 Å². The number of halogens is 1. The van der Waals surface area contributed by atoms with Crippen LogP contribution in [0, 0.1) is 11.8 Å². The summed E-state index contributed by atoms with van der Waals surface area (Å²) in [5, 5.41) is 2.78. The number of rotatable bonds is 9. The molecule has 11 heteroatoms. The van der Waals surface area contributed by atoms with E-state index < -0.39 is 26.0 Å². The maximum atomic E-state index is 14.0. The second-order valence-electron chi connectivity index (χ2n) is 11.2. The number of para-hydroxylation sites is 1. The van der Waals surface area contributed by atoms with E-state index in [0.29, 0.717) is 24.5 Å². The molecule has 0 aliphatic carbocycles. The summed E-state index contributed by atoms with van der Waals surface area (Å²) in [5.74, 6) is -0.0836. The summed E-state index contributed by atoms with van der Waals surface area (Å²) in [4.78, 5) is 13.4. The lowest BCUT2D eigenvalue weighted by molar-refractivity contribution is 0.102. The van der Waals surface area contributed by atoms with Crippen LogP contribution in [0.2, 0.25) is 5.02 Å². The number of carbonyl (C=O) groups excluding carboxylic acids is 1. The molecular formula is C33H34ClN3O5S2. The molecule has 1 amide bonds. The van der Waals surface area contributed by atoms with E-state index in [1.54, 1.807) is 30.3 Å². The molecule has 1 aliphatic heterocycles. The third kappa shape index (κ3) is 6.99. The Labute approximate surface area is 264 Å². The van der Waals surface area contributed by atoms with Crippen LogP contribution in [0.5, 0.6) is 0 Å². The highest BCUT2D eigenvalue weighted by atomic mass is 35.5. The Morgan fingerprint density at radius 2 is 1.39 bits per heavy atom. The second-order valence-corrected chi connectivity index (χ2v) is 15.4. The van der Waals surface area contributed by atoms with Crippen molar-refractivity contribution in [3.8, 4) is 0 Å². The number of anilines is 2. The largest absolute Gasteiger partial charge is 0.322 e. The molecule has 4 aromatic carbocycles. The van der Waals surface area contributed by atoms with E-state index in [1.165, 1.54) is 51.1 Å². The topological polar surface area (TPSA) is 104 Å². The van der Waals surface area contributed by atoms with Gasteiger partial charge in [0, 0.05) is 18.8 Å². The molecule has 1 fully saturated rings. The minimum absolute atomic E-state index is 0.0338. The number of nitrogens with one attached hydrogen (secondary N) is 1. The van der Waals surface area contributed by atoms with E-state index in [1.807, 2.05) is 44.2 Å². The van der Waals surface area contributed by atoms with Crippen LogP contribution in [0.25, 0.3) is 0 Å². The van der Waals surface area contributed by atoms with Crippen molar-refractivity contribution in [1.82, 2.24) is 4.31 Å². The van der Waals surface area contributed by atoms with Gasteiger partial charge in [-0.3, -0.25) is 9.10 Å². The first kappa shape index (κ1) is 31.7. The molecule has 0 bridgehead atoms. The van der Waals surface area contributed by atoms with Crippen molar-refractivity contribution in [1.29, 1.82) is 0 Å². The zero-order valence-corrected chi connectivity index (χ0v) is 26.8. The van der Waals surface area contributed by atoms with Crippen molar-refractivity contribution in [2.45, 2.75) is 36.6 Å². The Kier molecular flexibility index (Phi) is 9.45. The van der Waals surface area contributed by atoms with E-state index in [0.717, 1.165) is 12.0 Å². The summed E-state index contributed by atoms with van der Waals surface area (Å²) >= 11 is 6.37. The Bertz CT molecular complexity index is 1830. The van der Waals surface area contributed by atoms with Gasteiger partial charge in [0.15, 0.2) is 0 Å². The number of nitrogens with zero attached hydrogens (tertiary/aromatic N) is 2. The molecule has 230 valence electrons. The van der Waals surface area contributed by atoms with Crippen LogP contribution in [0.4, 0.5) is 11.4 Å². The van der Waals surface area contributed by atoms with E-state index >= 15 is 0 Å². The van der Waals surface area contributed by atoms with Gasteiger partial charge in [-0.1, -0.05) is 74.0 Å². The fraction of sp³-hybridized carbons (Fsp3) is 0.242. The van der Waals surface area contributed by atoms with Crippen LogP contribution in [0.1, 0.15) is 36.2 Å². The fourth-order valence-electron chi connectivity index (χ4n) is 5.48. The van der Waals surface area contributed by atoms with Crippen molar-refractivity contribution in [3.63, 3.8) is 0 Å². The molecule has 0 aromatic heterocycles. The summed E-state index contributed by atoms with van der Waals surface area (Å²) in [7, 11) is -7.79. The van der Waals surface area contributed by atoms with E-state index in [9.17, 15) is 21.6 Å². The Balaban J connectivity index is 1.38. The molecule has 0 radical (unpaired) electrons. The van der Waals surface area contributed by atoms with Gasteiger partial charge in [0.25, 0.3) is 15.9 Å². The maximum Gasteiger partial charge on any atom is 0.264 e. The molecule has 1 heterocycles. The summed E-state index contributed by atoms with van der Waals surface area (Å²) in [6.07, 6.45) is 0.985. The van der Waals surface area contributed by atoms with Gasteiger partial charge in [-0.15, -0.1) is 0 Å². The number of benzene rings is 4. The predicted molar refractivity (Wildman–Crippen MR) is 174 cm³/mol. The first-order valence-corrected chi connectivity index (χ1v) is 17.5. The van der Waals surface area contributed by atoms with E-state index in [4.69, 9.17) is 11.6 Å². The molecule has 1 saturated heterocycles. The van der Waals surface area contributed by atoms with Crippen LogP contribution in [0.3, 0.4) is 0 Å². The van der Waals surface area contributed by atoms with Crippen molar-refractivity contribution in [3.05, 3.63) is 119 Å². The molecule has 44 heavy (non-hydrogen) atoms. The SMILES string of the molecule is CC1CC(C)CN(S(=O)(=O)c2ccc(NC(=O)c3cc(S(=O)(=O)N(Cc4ccccc4)c4ccccc4)ccc3Cl)cc2)C1. The van der Waals surface area contributed by atoms with Gasteiger partial charge < -0.3 is 5.32 Å². The molecule has 8 nitrogen and oxygen atoms in total. The number of sulfonamides is 2. The quantitative estimate of drug-likeness (QED) is 0.218. The molecule has 2 unspecified atom stereocenters. The van der Waals surface area contributed by atoms with Crippen molar-refractivity contribution in [2.75, 3.05) is 22.7 Å². The number of piperidine rings is 1. The number of amides is 1. The Morgan fingerprint density at radius 1 is 0.818 bits per heavy atom. The van der Waals surface area contributed by atoms with Crippen molar-refractivity contribution in [2.24, 2.45) is 11.8 Å². The minimum Gasteiger partial charge on any atom is -0.322 e. The number of hydrogen-bond donors (Lipinski definition) is 1. The summed E-state index contributed by atoms with van der Waals surface area (Å²) in [6, 6.07) is 27.9. The summed E-state index contributed by atoms with van der Waals surface area (Å²) in [6.45, 7) is 5.11. The molecule has 0 saturated carbocycles. The van der Waals surface area contributed by atoms with E-state index in [-0.39, 0.29) is 38.8 Å². The highest BCUT2D eigenvalue weighted by Crippen LogP contribution is 2.30. The lowest BCUT2D eigenvalue weighted by atomic mass is 9.94. The predicted octanol–water partition coefficient (Wildman–Crippen LogP) is 6.65. The number of hydrogen-bond acceptors (Lipinski definition) is 5. The Morgan fingerprint density at radius 3 is 2.00 bits per heavy atom. The van der Waals surface area contributed by atoms with Crippen LogP contribution in [-0.4, -0.2) is 40.1 Å². The first-order valence-electron chi connectivity index (χ1n) is 14.3. The summed E-state index contributed by atoms with van der Waals surface area (Å²) < 4.78 is 57.2. The van der Waals surface area contributed by atoms with Crippen LogP contribution in [-0.2, 0) is 26.6 Å². The first-order chi connectivity index (χ1) is 20.9. The lowest BCUT2D eigenvalue weighted by Crippen LogP contribution is -2.42. The molecular weight excluding hydrogens is 618 g/mol. The van der Waals surface area contributed by atoms with Gasteiger partial charge in [-0.05, 0) is 78.4 Å². The zero-order valence-electron chi connectivity index (χ0n) is 24.4. The molecule has 1 N–H and O–H groups in total. The van der Waals surface area contributed by atoms with Crippen LogP contribution < -0.4 is 9.62 Å². The van der Waals surface area contributed by atoms with Crippen LogP contribution >= 0.6 is 11.6 Å². The smallest absolute Gasteiger partial charge is 0.264 e. The fourth-order valence-corrected chi connectivity index (χ4v) is 8.85. The second kappa shape index (κ2) is 13.1. The van der Waals surface area contributed by atoms with Crippen LogP contribution in [0.15, 0.2) is 113 Å². The zero-order chi connectivity index (χ0) is 31.5. The molecule has 0 spiro atoms. The lowest BCUT2D eigenvalue weighted by Gasteiger charge is -2.34. The highest BCUT2D eigenvalue weighted by Gasteiger charge is 2.32. The van der Waals surface area contributed by atoms with Gasteiger partial charge in [-0.25, -0.2) is 16.8 Å². The van der Waals surface area contributed by atoms with Crippen molar-refractivity contribution >= 4 is 48.9 Å². The number of carbonyl (C=O) groups is 1. The molecule has 5 rings (SSSR count). The molecule has 2 atom stereocenters. The summed E-state index contributed by atoms with van der Waals surface area (Å²) in [5.41, 5.74) is 1.57. The van der Waals surface area contributed by atoms with Crippen molar-refractivity contribution < 1.29 is 21.6 Å². The van der Waals surface area contributed by atoms with E-state index in [2.05, 4.69) is 5.32 Å². The highest BCUT2D eigenvalue weighted by molar-refractivity contribution is 7.92.